The standard InChI is InChI=1S/C15H21F3N4O/c1-8-11(15(16,17)18)12(14(2,3)23)21-13(20-8)22-6-9-4-19-5-10(9)7-22/h9-10,19,23H,4-7H2,1-3H3/t9-,10+. The predicted octanol–water partition coefficient (Wildman–Crippen LogP) is 1.69. The monoisotopic (exact) mass is 330 g/mol. The highest BCUT2D eigenvalue weighted by molar-refractivity contribution is 5.41. The summed E-state index contributed by atoms with van der Waals surface area (Å²) in [5.41, 5.74) is -3.13. The quantitative estimate of drug-likeness (QED) is 0.864. The highest BCUT2D eigenvalue weighted by Gasteiger charge is 2.43. The van der Waals surface area contributed by atoms with Gasteiger partial charge in [0.05, 0.1) is 11.4 Å². The molecule has 0 aliphatic carbocycles. The number of nitrogens with one attached hydrogen (secondary N) is 1. The number of alkyl halides is 3. The molecule has 2 atom stereocenters. The number of fused-ring (bicyclic) bond motifs is 1. The topological polar surface area (TPSA) is 61.3 Å². The Balaban J connectivity index is 2.02. The second kappa shape index (κ2) is 5.31. The Bertz CT molecular complexity index is 600. The van der Waals surface area contributed by atoms with Gasteiger partial charge in [-0.05, 0) is 32.6 Å². The molecule has 128 valence electrons. The summed E-state index contributed by atoms with van der Waals surface area (Å²) in [6.45, 7) is 7.24. The molecule has 0 bridgehead atoms. The van der Waals surface area contributed by atoms with Crippen LogP contribution in [0, 0.1) is 18.8 Å². The van der Waals surface area contributed by atoms with E-state index < -0.39 is 17.3 Å². The lowest BCUT2D eigenvalue weighted by molar-refractivity contribution is -0.141. The van der Waals surface area contributed by atoms with Gasteiger partial charge in [-0.15, -0.1) is 0 Å². The normalized spacial score (nSPS) is 25.1. The van der Waals surface area contributed by atoms with Crippen molar-refractivity contribution in [2.24, 2.45) is 11.8 Å². The summed E-state index contributed by atoms with van der Waals surface area (Å²) in [5, 5.41) is 13.5. The number of aryl methyl sites for hydroxylation is 1. The van der Waals surface area contributed by atoms with Crippen molar-refractivity contribution in [1.29, 1.82) is 0 Å². The van der Waals surface area contributed by atoms with Gasteiger partial charge in [-0.2, -0.15) is 13.2 Å². The predicted molar refractivity (Wildman–Crippen MR) is 79.1 cm³/mol. The van der Waals surface area contributed by atoms with Crippen molar-refractivity contribution >= 4 is 5.95 Å². The van der Waals surface area contributed by atoms with Crippen LogP contribution in [0.1, 0.15) is 30.8 Å². The lowest BCUT2D eigenvalue weighted by Gasteiger charge is -2.26. The fourth-order valence-electron chi connectivity index (χ4n) is 3.50. The highest BCUT2D eigenvalue weighted by Crippen LogP contribution is 2.39. The Kier molecular flexibility index (Phi) is 3.79. The molecular formula is C15H21F3N4O. The number of aromatic nitrogens is 2. The first-order chi connectivity index (χ1) is 10.6. The SMILES string of the molecule is Cc1nc(N2C[C@H]3CNC[C@H]3C2)nc(C(C)(C)O)c1C(F)(F)F. The zero-order valence-corrected chi connectivity index (χ0v) is 13.4. The van der Waals surface area contributed by atoms with Gasteiger partial charge < -0.3 is 15.3 Å². The van der Waals surface area contributed by atoms with E-state index in [1.165, 1.54) is 20.8 Å². The number of nitrogens with zero attached hydrogens (tertiary/aromatic N) is 3. The van der Waals surface area contributed by atoms with Crippen molar-refractivity contribution in [2.45, 2.75) is 32.5 Å². The van der Waals surface area contributed by atoms with Crippen LogP contribution in [0.3, 0.4) is 0 Å². The van der Waals surface area contributed by atoms with E-state index in [9.17, 15) is 18.3 Å². The van der Waals surface area contributed by atoms with E-state index in [1.807, 2.05) is 4.90 Å². The van der Waals surface area contributed by atoms with Crippen molar-refractivity contribution in [2.75, 3.05) is 31.1 Å². The first-order valence-electron chi connectivity index (χ1n) is 7.71. The molecule has 1 aromatic heterocycles. The molecule has 3 heterocycles. The van der Waals surface area contributed by atoms with Crippen LogP contribution < -0.4 is 10.2 Å². The molecule has 2 aliphatic heterocycles. The molecule has 2 N–H and O–H groups in total. The van der Waals surface area contributed by atoms with Crippen molar-refractivity contribution in [3.63, 3.8) is 0 Å². The summed E-state index contributed by atoms with van der Waals surface area (Å²) in [4.78, 5) is 10.1. The molecule has 1 aromatic rings. The Hall–Kier alpha value is -1.41. The van der Waals surface area contributed by atoms with Crippen LogP contribution in [0.5, 0.6) is 0 Å². The number of anilines is 1. The zero-order chi connectivity index (χ0) is 17.0. The summed E-state index contributed by atoms with van der Waals surface area (Å²) < 4.78 is 40.0. The van der Waals surface area contributed by atoms with E-state index in [1.54, 1.807) is 0 Å². The third kappa shape index (κ3) is 3.01. The molecule has 3 rings (SSSR count). The van der Waals surface area contributed by atoms with Crippen LogP contribution in [0.25, 0.3) is 0 Å². The summed E-state index contributed by atoms with van der Waals surface area (Å²) in [7, 11) is 0. The minimum atomic E-state index is -4.59. The molecule has 2 saturated heterocycles. The number of hydrogen-bond donors (Lipinski definition) is 2. The minimum absolute atomic E-state index is 0.144. The van der Waals surface area contributed by atoms with E-state index in [-0.39, 0.29) is 17.3 Å². The molecule has 23 heavy (non-hydrogen) atoms. The smallest absolute Gasteiger partial charge is 0.384 e. The van der Waals surface area contributed by atoms with E-state index in [0.717, 1.165) is 26.2 Å². The number of aliphatic hydroxyl groups is 1. The van der Waals surface area contributed by atoms with Crippen LogP contribution in [-0.2, 0) is 11.8 Å². The Morgan fingerprint density at radius 2 is 1.70 bits per heavy atom. The summed E-state index contributed by atoms with van der Waals surface area (Å²) >= 11 is 0. The molecule has 0 unspecified atom stereocenters. The Labute approximate surface area is 132 Å². The minimum Gasteiger partial charge on any atom is -0.384 e. The average Bonchev–Trinajstić information content (AvgIpc) is 2.95. The van der Waals surface area contributed by atoms with Gasteiger partial charge in [-0.1, -0.05) is 0 Å². The summed E-state index contributed by atoms with van der Waals surface area (Å²) in [6.07, 6.45) is -4.59. The molecule has 5 nitrogen and oxygen atoms in total. The third-order valence-corrected chi connectivity index (χ3v) is 4.61. The van der Waals surface area contributed by atoms with Crippen molar-refractivity contribution in [1.82, 2.24) is 15.3 Å². The van der Waals surface area contributed by atoms with Crippen molar-refractivity contribution in [3.05, 3.63) is 17.0 Å². The maximum Gasteiger partial charge on any atom is 0.420 e. The average molecular weight is 330 g/mol. The second-order valence-electron chi connectivity index (χ2n) is 6.97. The number of halogens is 3. The fraction of sp³-hybridized carbons (Fsp3) is 0.733. The highest BCUT2D eigenvalue weighted by atomic mass is 19.4. The lowest BCUT2D eigenvalue weighted by atomic mass is 9.98. The summed E-state index contributed by atoms with van der Waals surface area (Å²) in [6, 6.07) is 0. The van der Waals surface area contributed by atoms with Gasteiger partial charge in [0.1, 0.15) is 11.2 Å². The number of rotatable bonds is 2. The maximum atomic E-state index is 13.3. The molecule has 0 spiro atoms. The van der Waals surface area contributed by atoms with E-state index in [0.29, 0.717) is 11.8 Å². The van der Waals surface area contributed by atoms with Gasteiger partial charge in [0.2, 0.25) is 5.95 Å². The van der Waals surface area contributed by atoms with Gasteiger partial charge in [0.25, 0.3) is 0 Å². The number of hydrogen-bond acceptors (Lipinski definition) is 5. The summed E-state index contributed by atoms with van der Waals surface area (Å²) in [5.74, 6) is 1.24. The Morgan fingerprint density at radius 3 is 2.17 bits per heavy atom. The molecular weight excluding hydrogens is 309 g/mol. The first-order valence-corrected chi connectivity index (χ1v) is 7.71. The molecule has 2 fully saturated rings. The van der Waals surface area contributed by atoms with Crippen LogP contribution in [0.2, 0.25) is 0 Å². The van der Waals surface area contributed by atoms with E-state index in [2.05, 4.69) is 15.3 Å². The van der Waals surface area contributed by atoms with Crippen molar-refractivity contribution < 1.29 is 18.3 Å². The maximum absolute atomic E-state index is 13.3. The van der Waals surface area contributed by atoms with E-state index >= 15 is 0 Å². The van der Waals surface area contributed by atoms with Gasteiger partial charge in [0, 0.05) is 26.2 Å². The zero-order valence-electron chi connectivity index (χ0n) is 13.4. The van der Waals surface area contributed by atoms with Gasteiger partial charge in [-0.25, -0.2) is 9.97 Å². The second-order valence-corrected chi connectivity index (χ2v) is 6.97. The third-order valence-electron chi connectivity index (χ3n) is 4.61. The fourth-order valence-corrected chi connectivity index (χ4v) is 3.50. The molecule has 0 aromatic carbocycles. The van der Waals surface area contributed by atoms with Gasteiger partial charge >= 0.3 is 6.18 Å². The molecule has 0 saturated carbocycles. The van der Waals surface area contributed by atoms with Crippen LogP contribution >= 0.6 is 0 Å². The molecule has 0 radical (unpaired) electrons. The van der Waals surface area contributed by atoms with E-state index in [4.69, 9.17) is 0 Å². The molecule has 8 heteroatoms. The van der Waals surface area contributed by atoms with Crippen LogP contribution in [0.15, 0.2) is 0 Å². The molecule has 0 amide bonds. The molecule has 2 aliphatic rings. The Morgan fingerprint density at radius 1 is 1.13 bits per heavy atom. The largest absolute Gasteiger partial charge is 0.420 e. The van der Waals surface area contributed by atoms with Crippen LogP contribution in [-0.4, -0.2) is 41.3 Å². The van der Waals surface area contributed by atoms with Crippen molar-refractivity contribution in [3.8, 4) is 0 Å². The van der Waals surface area contributed by atoms with Crippen LogP contribution in [0.4, 0.5) is 19.1 Å². The van der Waals surface area contributed by atoms with Gasteiger partial charge in [0.15, 0.2) is 0 Å². The first kappa shape index (κ1) is 16.4. The van der Waals surface area contributed by atoms with Gasteiger partial charge in [-0.3, -0.25) is 0 Å². The lowest BCUT2D eigenvalue weighted by Crippen LogP contribution is -2.31.